The highest BCUT2D eigenvalue weighted by Crippen LogP contribution is 2.31. The first kappa shape index (κ1) is 21.4. The van der Waals surface area contributed by atoms with E-state index < -0.39 is 11.7 Å². The normalized spacial score (nSPS) is 15.1. The van der Waals surface area contributed by atoms with Crippen molar-refractivity contribution in [3.8, 4) is 0 Å². The fourth-order valence-corrected chi connectivity index (χ4v) is 3.73. The van der Waals surface area contributed by atoms with Crippen LogP contribution in [0.1, 0.15) is 23.1 Å². The Labute approximate surface area is 175 Å². The second kappa shape index (κ2) is 9.02. The van der Waals surface area contributed by atoms with Crippen molar-refractivity contribution >= 4 is 28.8 Å². The van der Waals surface area contributed by atoms with Gasteiger partial charge in [0, 0.05) is 19.6 Å². The summed E-state index contributed by atoms with van der Waals surface area (Å²) in [7, 11) is 0. The third-order valence-electron chi connectivity index (χ3n) is 5.41. The van der Waals surface area contributed by atoms with E-state index in [9.17, 15) is 13.2 Å². The maximum absolute atomic E-state index is 12.7. The molecule has 0 amide bonds. The van der Waals surface area contributed by atoms with Gasteiger partial charge in [-0.2, -0.15) is 13.2 Å². The van der Waals surface area contributed by atoms with Crippen molar-refractivity contribution in [2.24, 2.45) is 0 Å². The number of halogens is 4. The van der Waals surface area contributed by atoms with E-state index in [2.05, 4.69) is 53.4 Å². The van der Waals surface area contributed by atoms with Crippen LogP contribution in [0.3, 0.4) is 0 Å². The van der Waals surface area contributed by atoms with E-state index in [1.807, 2.05) is 0 Å². The van der Waals surface area contributed by atoms with Gasteiger partial charge in [0.1, 0.15) is 0 Å². The summed E-state index contributed by atoms with van der Waals surface area (Å²) in [6, 6.07) is 20.5. The van der Waals surface area contributed by atoms with Crippen LogP contribution in [-0.4, -0.2) is 24.5 Å². The second-order valence-electron chi connectivity index (χ2n) is 7.29. The fraction of sp³-hybridized carbons (Fsp3) is 0.250. The molecule has 0 radical (unpaired) electrons. The molecule has 0 atom stereocenters. The zero-order chi connectivity index (χ0) is 19.6. The molecule has 152 valence electrons. The summed E-state index contributed by atoms with van der Waals surface area (Å²) in [5, 5.41) is 2.52. The Morgan fingerprint density at radius 2 is 1.59 bits per heavy atom. The first-order valence-electron chi connectivity index (χ1n) is 9.56. The van der Waals surface area contributed by atoms with E-state index in [1.54, 1.807) is 12.1 Å². The third kappa shape index (κ3) is 5.20. The number of benzene rings is 3. The van der Waals surface area contributed by atoms with Crippen LogP contribution in [0.5, 0.6) is 0 Å². The van der Waals surface area contributed by atoms with Crippen molar-refractivity contribution in [2.75, 3.05) is 19.6 Å². The molecule has 0 aliphatic carbocycles. The molecule has 0 spiro atoms. The lowest BCUT2D eigenvalue weighted by atomic mass is 9.98. The largest absolute Gasteiger partial charge is 0.416 e. The van der Waals surface area contributed by atoms with Crippen LogP contribution in [0.25, 0.3) is 16.3 Å². The standard InChI is InChI=1S/C24H22F3N.ClH/c25-24(26,27)23-9-7-20(8-10-23)21-12-15-28(16-13-21)14-11-18-5-6-19-3-1-2-4-22(19)17-18;/h1-10,12,17H,11,13-16H2;1H. The molecule has 0 bridgehead atoms. The molecule has 1 heterocycles. The highest BCUT2D eigenvalue weighted by molar-refractivity contribution is 5.85. The van der Waals surface area contributed by atoms with Gasteiger partial charge in [-0.05, 0) is 52.4 Å². The number of alkyl halides is 3. The van der Waals surface area contributed by atoms with Gasteiger partial charge in [-0.1, -0.05) is 60.7 Å². The minimum atomic E-state index is -4.28. The van der Waals surface area contributed by atoms with Crippen molar-refractivity contribution in [3.05, 3.63) is 89.5 Å². The molecule has 0 N–H and O–H groups in total. The summed E-state index contributed by atoms with van der Waals surface area (Å²) in [6.45, 7) is 2.75. The average Bonchev–Trinajstić information content (AvgIpc) is 2.72. The average molecular weight is 418 g/mol. The molecule has 0 fully saturated rings. The van der Waals surface area contributed by atoms with Crippen LogP contribution in [-0.2, 0) is 12.6 Å². The van der Waals surface area contributed by atoms with Crippen molar-refractivity contribution in [1.29, 1.82) is 0 Å². The first-order chi connectivity index (χ1) is 13.5. The lowest BCUT2D eigenvalue weighted by molar-refractivity contribution is -0.137. The Morgan fingerprint density at radius 3 is 2.24 bits per heavy atom. The Hall–Kier alpha value is -2.30. The predicted octanol–water partition coefficient (Wildman–Crippen LogP) is 6.61. The molecule has 0 saturated heterocycles. The molecule has 0 saturated carbocycles. The number of hydrogen-bond donors (Lipinski definition) is 0. The summed E-state index contributed by atoms with van der Waals surface area (Å²) >= 11 is 0. The van der Waals surface area contributed by atoms with Crippen LogP contribution in [0.15, 0.2) is 72.8 Å². The van der Waals surface area contributed by atoms with E-state index >= 15 is 0 Å². The topological polar surface area (TPSA) is 3.24 Å². The van der Waals surface area contributed by atoms with Gasteiger partial charge >= 0.3 is 6.18 Å². The molecule has 0 aromatic heterocycles. The quantitative estimate of drug-likeness (QED) is 0.461. The second-order valence-corrected chi connectivity index (χ2v) is 7.29. The molecular formula is C24H23ClF3N. The molecule has 1 aliphatic rings. The van der Waals surface area contributed by atoms with Crippen LogP contribution >= 0.6 is 12.4 Å². The van der Waals surface area contributed by atoms with E-state index in [0.29, 0.717) is 0 Å². The molecule has 1 nitrogen and oxygen atoms in total. The Balaban J connectivity index is 0.00000240. The minimum Gasteiger partial charge on any atom is -0.299 e. The SMILES string of the molecule is Cl.FC(F)(F)c1ccc(C2=CCN(CCc3ccc4ccccc4c3)CC2)cc1. The number of hydrogen-bond acceptors (Lipinski definition) is 1. The summed E-state index contributed by atoms with van der Waals surface area (Å²) in [5.74, 6) is 0. The van der Waals surface area contributed by atoms with E-state index in [4.69, 9.17) is 0 Å². The van der Waals surface area contributed by atoms with E-state index in [-0.39, 0.29) is 12.4 Å². The van der Waals surface area contributed by atoms with Crippen molar-refractivity contribution in [3.63, 3.8) is 0 Å². The van der Waals surface area contributed by atoms with Gasteiger partial charge in [0.05, 0.1) is 5.56 Å². The highest BCUT2D eigenvalue weighted by atomic mass is 35.5. The molecule has 5 heteroatoms. The number of fused-ring (bicyclic) bond motifs is 1. The maximum Gasteiger partial charge on any atom is 0.416 e. The molecule has 4 rings (SSSR count). The Morgan fingerprint density at radius 1 is 0.862 bits per heavy atom. The minimum absolute atomic E-state index is 0. The lowest BCUT2D eigenvalue weighted by Gasteiger charge is -2.26. The van der Waals surface area contributed by atoms with Gasteiger partial charge in [-0.25, -0.2) is 0 Å². The zero-order valence-electron chi connectivity index (χ0n) is 16.0. The number of nitrogens with zero attached hydrogens (tertiary/aromatic N) is 1. The molecule has 0 unspecified atom stereocenters. The Kier molecular flexibility index (Phi) is 6.66. The van der Waals surface area contributed by atoms with Gasteiger partial charge < -0.3 is 0 Å². The molecule has 1 aliphatic heterocycles. The van der Waals surface area contributed by atoms with Crippen molar-refractivity contribution < 1.29 is 13.2 Å². The molecular weight excluding hydrogens is 395 g/mol. The highest BCUT2D eigenvalue weighted by Gasteiger charge is 2.30. The van der Waals surface area contributed by atoms with Gasteiger partial charge in [0.2, 0.25) is 0 Å². The molecule has 29 heavy (non-hydrogen) atoms. The van der Waals surface area contributed by atoms with Gasteiger partial charge in [-0.3, -0.25) is 4.90 Å². The van der Waals surface area contributed by atoms with Crippen LogP contribution in [0.4, 0.5) is 13.2 Å². The van der Waals surface area contributed by atoms with Crippen LogP contribution in [0.2, 0.25) is 0 Å². The third-order valence-corrected chi connectivity index (χ3v) is 5.41. The monoisotopic (exact) mass is 417 g/mol. The number of rotatable bonds is 4. The smallest absolute Gasteiger partial charge is 0.299 e. The maximum atomic E-state index is 12.7. The predicted molar refractivity (Wildman–Crippen MR) is 115 cm³/mol. The first-order valence-corrected chi connectivity index (χ1v) is 9.56. The van der Waals surface area contributed by atoms with Crippen molar-refractivity contribution in [1.82, 2.24) is 4.90 Å². The molecule has 3 aromatic carbocycles. The van der Waals surface area contributed by atoms with Gasteiger partial charge in [0.15, 0.2) is 0 Å². The zero-order valence-corrected chi connectivity index (χ0v) is 16.8. The summed E-state index contributed by atoms with van der Waals surface area (Å²) in [5.41, 5.74) is 2.76. The summed E-state index contributed by atoms with van der Waals surface area (Å²) in [6.07, 6.45) is -0.275. The Bertz CT molecular complexity index is 993. The van der Waals surface area contributed by atoms with Crippen LogP contribution in [0, 0.1) is 0 Å². The van der Waals surface area contributed by atoms with Gasteiger partial charge in [-0.15, -0.1) is 12.4 Å². The van der Waals surface area contributed by atoms with Crippen molar-refractivity contribution in [2.45, 2.75) is 19.0 Å². The lowest BCUT2D eigenvalue weighted by Crippen LogP contribution is -2.30. The summed E-state index contributed by atoms with van der Waals surface area (Å²) < 4.78 is 38.1. The van der Waals surface area contributed by atoms with Crippen LogP contribution < -0.4 is 0 Å². The van der Waals surface area contributed by atoms with E-state index in [0.717, 1.165) is 43.6 Å². The fourth-order valence-electron chi connectivity index (χ4n) is 3.73. The molecule has 3 aromatic rings. The van der Waals surface area contributed by atoms with E-state index in [1.165, 1.54) is 28.5 Å². The summed E-state index contributed by atoms with van der Waals surface area (Å²) in [4.78, 5) is 2.39. The van der Waals surface area contributed by atoms with Gasteiger partial charge in [0.25, 0.3) is 0 Å².